The van der Waals surface area contributed by atoms with Gasteiger partial charge in [0, 0.05) is 29.9 Å². The molecule has 0 aliphatic carbocycles. The molecule has 1 aromatic heterocycles. The van der Waals surface area contributed by atoms with Gasteiger partial charge in [-0.15, -0.1) is 11.3 Å². The molecule has 1 aromatic carbocycles. The molecule has 0 aliphatic rings. The largest absolute Gasteiger partial charge is 0.380 e. The van der Waals surface area contributed by atoms with E-state index < -0.39 is 0 Å². The van der Waals surface area contributed by atoms with Crippen LogP contribution in [0.25, 0.3) is 0 Å². The van der Waals surface area contributed by atoms with Crippen LogP contribution < -0.4 is 10.2 Å². The summed E-state index contributed by atoms with van der Waals surface area (Å²) in [7, 11) is 0. The van der Waals surface area contributed by atoms with E-state index in [0.717, 1.165) is 30.5 Å². The van der Waals surface area contributed by atoms with Crippen molar-refractivity contribution in [1.29, 1.82) is 0 Å². The molecule has 0 spiro atoms. The molecule has 19 heavy (non-hydrogen) atoms. The van der Waals surface area contributed by atoms with Crippen molar-refractivity contribution in [2.24, 2.45) is 0 Å². The van der Waals surface area contributed by atoms with Gasteiger partial charge in [-0.3, -0.25) is 0 Å². The lowest BCUT2D eigenvalue weighted by atomic mass is 10.2. The number of hydrogen-bond donors (Lipinski definition) is 1. The molecule has 2 aromatic rings. The predicted molar refractivity (Wildman–Crippen MR) is 84.2 cm³/mol. The maximum absolute atomic E-state index is 4.49. The van der Waals surface area contributed by atoms with Crippen molar-refractivity contribution in [2.75, 3.05) is 23.3 Å². The molecule has 1 heterocycles. The quantitative estimate of drug-likeness (QED) is 0.866. The van der Waals surface area contributed by atoms with E-state index in [1.807, 2.05) is 6.20 Å². The lowest BCUT2D eigenvalue weighted by molar-refractivity contribution is 0.860. The Morgan fingerprint density at radius 3 is 2.74 bits per heavy atom. The highest BCUT2D eigenvalue weighted by molar-refractivity contribution is 7.15. The number of nitrogens with one attached hydrogen (secondary N) is 1. The van der Waals surface area contributed by atoms with Crippen LogP contribution >= 0.6 is 11.3 Å². The van der Waals surface area contributed by atoms with Gasteiger partial charge in [-0.2, -0.15) is 0 Å². The average molecular weight is 275 g/mol. The zero-order valence-corrected chi connectivity index (χ0v) is 12.6. The Morgan fingerprint density at radius 1 is 1.26 bits per heavy atom. The molecule has 0 amide bonds. The molecule has 0 saturated heterocycles. The summed E-state index contributed by atoms with van der Waals surface area (Å²) in [5, 5.41) is 4.56. The molecule has 1 N–H and O–H groups in total. The molecule has 0 fully saturated rings. The fourth-order valence-corrected chi connectivity index (χ4v) is 2.94. The molecule has 2 rings (SSSR count). The average Bonchev–Trinajstić information content (AvgIpc) is 2.87. The maximum Gasteiger partial charge on any atom is 0.185 e. The van der Waals surface area contributed by atoms with Gasteiger partial charge in [0.15, 0.2) is 5.13 Å². The number of nitrogens with zero attached hydrogens (tertiary/aromatic N) is 2. The second kappa shape index (κ2) is 6.57. The third kappa shape index (κ3) is 3.70. The van der Waals surface area contributed by atoms with E-state index in [1.165, 1.54) is 10.4 Å². The first-order valence-electron chi connectivity index (χ1n) is 6.73. The number of anilines is 2. The Hall–Kier alpha value is -1.55. The fourth-order valence-electron chi connectivity index (χ4n) is 1.96. The van der Waals surface area contributed by atoms with Crippen molar-refractivity contribution in [3.05, 3.63) is 40.9 Å². The highest BCUT2D eigenvalue weighted by Gasteiger charge is 2.07. The Bertz CT molecular complexity index is 518. The Morgan fingerprint density at radius 2 is 2.05 bits per heavy atom. The molecule has 4 heteroatoms. The number of hydrogen-bond acceptors (Lipinski definition) is 4. The Balaban J connectivity index is 1.97. The highest BCUT2D eigenvalue weighted by atomic mass is 32.1. The smallest absolute Gasteiger partial charge is 0.185 e. The summed E-state index contributed by atoms with van der Waals surface area (Å²) in [6, 6.07) is 8.44. The lowest BCUT2D eigenvalue weighted by Gasteiger charge is -2.16. The van der Waals surface area contributed by atoms with E-state index in [-0.39, 0.29) is 0 Å². The van der Waals surface area contributed by atoms with E-state index in [0.29, 0.717) is 0 Å². The SMILES string of the molecule is CCN(CC)c1ncc(CNc2cccc(C)c2)s1. The Labute approximate surface area is 119 Å². The third-order valence-corrected chi connectivity index (χ3v) is 4.12. The van der Waals surface area contributed by atoms with Gasteiger partial charge < -0.3 is 10.2 Å². The molecule has 0 atom stereocenters. The van der Waals surface area contributed by atoms with Gasteiger partial charge in [0.05, 0.1) is 6.54 Å². The first-order chi connectivity index (χ1) is 9.22. The molecule has 0 aliphatic heterocycles. The fraction of sp³-hybridized carbons (Fsp3) is 0.400. The van der Waals surface area contributed by atoms with Gasteiger partial charge in [0.25, 0.3) is 0 Å². The van der Waals surface area contributed by atoms with E-state index in [2.05, 4.69) is 60.2 Å². The van der Waals surface area contributed by atoms with Crippen LogP contribution in [0.3, 0.4) is 0 Å². The number of aromatic nitrogens is 1. The number of aryl methyl sites for hydroxylation is 1. The molecule has 0 bridgehead atoms. The van der Waals surface area contributed by atoms with Gasteiger partial charge in [-0.05, 0) is 38.5 Å². The van der Waals surface area contributed by atoms with Crippen LogP contribution in [0.1, 0.15) is 24.3 Å². The summed E-state index contributed by atoms with van der Waals surface area (Å²) in [4.78, 5) is 8.04. The molecular weight excluding hydrogens is 254 g/mol. The molecular formula is C15H21N3S. The van der Waals surface area contributed by atoms with Gasteiger partial charge in [-0.25, -0.2) is 4.98 Å². The minimum atomic E-state index is 0.836. The van der Waals surface area contributed by atoms with Gasteiger partial charge in [0.1, 0.15) is 0 Å². The zero-order valence-electron chi connectivity index (χ0n) is 11.8. The minimum Gasteiger partial charge on any atom is -0.380 e. The summed E-state index contributed by atoms with van der Waals surface area (Å²) >= 11 is 1.77. The maximum atomic E-state index is 4.49. The van der Waals surface area contributed by atoms with Crippen LogP contribution in [-0.4, -0.2) is 18.1 Å². The zero-order chi connectivity index (χ0) is 13.7. The summed E-state index contributed by atoms with van der Waals surface area (Å²) in [6.07, 6.45) is 1.97. The highest BCUT2D eigenvalue weighted by Crippen LogP contribution is 2.23. The van der Waals surface area contributed by atoms with Crippen LogP contribution in [0.5, 0.6) is 0 Å². The molecule has 0 unspecified atom stereocenters. The van der Waals surface area contributed by atoms with E-state index in [9.17, 15) is 0 Å². The third-order valence-electron chi connectivity index (χ3n) is 3.06. The lowest BCUT2D eigenvalue weighted by Crippen LogP contribution is -2.21. The summed E-state index contributed by atoms with van der Waals surface area (Å²) in [5.41, 5.74) is 2.44. The van der Waals surface area contributed by atoms with Gasteiger partial charge >= 0.3 is 0 Å². The van der Waals surface area contributed by atoms with E-state index in [1.54, 1.807) is 11.3 Å². The van der Waals surface area contributed by atoms with E-state index >= 15 is 0 Å². The summed E-state index contributed by atoms with van der Waals surface area (Å²) < 4.78 is 0. The summed E-state index contributed by atoms with van der Waals surface area (Å²) in [5.74, 6) is 0. The second-order valence-electron chi connectivity index (χ2n) is 4.50. The monoisotopic (exact) mass is 275 g/mol. The van der Waals surface area contributed by atoms with E-state index in [4.69, 9.17) is 0 Å². The number of rotatable bonds is 6. The minimum absolute atomic E-state index is 0.836. The van der Waals surface area contributed by atoms with Crippen molar-refractivity contribution in [1.82, 2.24) is 4.98 Å². The Kier molecular flexibility index (Phi) is 4.80. The molecule has 0 saturated carbocycles. The molecule has 3 nitrogen and oxygen atoms in total. The summed E-state index contributed by atoms with van der Waals surface area (Å²) in [6.45, 7) is 9.29. The van der Waals surface area contributed by atoms with Crippen molar-refractivity contribution in [2.45, 2.75) is 27.3 Å². The van der Waals surface area contributed by atoms with Crippen LogP contribution in [0.4, 0.5) is 10.8 Å². The van der Waals surface area contributed by atoms with Crippen LogP contribution in [0.2, 0.25) is 0 Å². The second-order valence-corrected chi connectivity index (χ2v) is 5.60. The normalized spacial score (nSPS) is 10.5. The van der Waals surface area contributed by atoms with Crippen molar-refractivity contribution in [3.8, 4) is 0 Å². The van der Waals surface area contributed by atoms with Crippen LogP contribution in [0.15, 0.2) is 30.5 Å². The predicted octanol–water partition coefficient (Wildman–Crippen LogP) is 3.91. The van der Waals surface area contributed by atoms with Crippen molar-refractivity contribution >= 4 is 22.2 Å². The van der Waals surface area contributed by atoms with Crippen molar-refractivity contribution < 1.29 is 0 Å². The molecule has 0 radical (unpaired) electrons. The van der Waals surface area contributed by atoms with Crippen LogP contribution in [-0.2, 0) is 6.54 Å². The number of benzene rings is 1. The topological polar surface area (TPSA) is 28.2 Å². The first-order valence-corrected chi connectivity index (χ1v) is 7.54. The van der Waals surface area contributed by atoms with Crippen LogP contribution in [0, 0.1) is 6.92 Å². The molecule has 102 valence electrons. The first kappa shape index (κ1) is 13.9. The number of thiazole rings is 1. The standard InChI is InChI=1S/C15H21N3S/c1-4-18(5-2)15-17-11-14(19-15)10-16-13-8-6-7-12(3)9-13/h6-9,11,16H,4-5,10H2,1-3H3. The van der Waals surface area contributed by atoms with Gasteiger partial charge in [-0.1, -0.05) is 12.1 Å². The van der Waals surface area contributed by atoms with Gasteiger partial charge in [0.2, 0.25) is 0 Å². The van der Waals surface area contributed by atoms with Crippen molar-refractivity contribution in [3.63, 3.8) is 0 Å².